The second kappa shape index (κ2) is 6.09. The van der Waals surface area contributed by atoms with E-state index in [1.807, 2.05) is 0 Å². The predicted octanol–water partition coefficient (Wildman–Crippen LogP) is 3.66. The van der Waals surface area contributed by atoms with E-state index in [4.69, 9.17) is 5.26 Å². The molecule has 7 atom stereocenters. The fourth-order valence-corrected chi connectivity index (χ4v) is 7.61. The number of carboxylic acids is 1. The van der Waals surface area contributed by atoms with Gasteiger partial charge in [-0.1, -0.05) is 19.9 Å². The first-order valence-electron chi connectivity index (χ1n) is 10.4. The maximum Gasteiger partial charge on any atom is 0.310 e. The van der Waals surface area contributed by atoms with E-state index >= 15 is 0 Å². The van der Waals surface area contributed by atoms with Gasteiger partial charge in [-0.3, -0.25) is 9.59 Å². The van der Waals surface area contributed by atoms with Crippen molar-refractivity contribution in [3.63, 3.8) is 0 Å². The number of aliphatic carboxylic acids is 1. The normalized spacial score (nSPS) is 48.0. The van der Waals surface area contributed by atoms with Crippen molar-refractivity contribution in [3.05, 3.63) is 12.2 Å². The van der Waals surface area contributed by atoms with Crippen LogP contribution in [-0.4, -0.2) is 23.0 Å². The van der Waals surface area contributed by atoms with Gasteiger partial charge in [0.2, 0.25) is 5.91 Å². The zero-order valence-corrected chi connectivity index (χ0v) is 16.3. The minimum Gasteiger partial charge on any atom is -0.481 e. The molecule has 1 heterocycles. The average Bonchev–Trinajstić information content (AvgIpc) is 2.94. The fourth-order valence-electron chi connectivity index (χ4n) is 7.61. The number of carbonyl (C=O) groups is 2. The predicted molar refractivity (Wildman–Crippen MR) is 100 cm³/mol. The van der Waals surface area contributed by atoms with Crippen LogP contribution in [-0.2, 0) is 9.59 Å². The van der Waals surface area contributed by atoms with E-state index in [2.05, 4.69) is 31.3 Å². The van der Waals surface area contributed by atoms with Crippen LogP contribution in [0.1, 0.15) is 65.2 Å². The zero-order valence-electron chi connectivity index (χ0n) is 16.3. The molecule has 3 saturated carbocycles. The zero-order chi connectivity index (χ0) is 19.4. The highest BCUT2D eigenvalue weighted by atomic mass is 16.4. The topological polar surface area (TPSA) is 90.2 Å². The lowest BCUT2D eigenvalue weighted by Gasteiger charge is -2.60. The number of nitrogens with one attached hydrogen (secondary N) is 1. The number of nitriles is 1. The van der Waals surface area contributed by atoms with E-state index in [-0.39, 0.29) is 22.8 Å². The summed E-state index contributed by atoms with van der Waals surface area (Å²) in [6, 6.07) is 2.38. The van der Waals surface area contributed by atoms with E-state index in [1.54, 1.807) is 6.08 Å². The number of hydrogen-bond acceptors (Lipinski definition) is 3. The third-order valence-electron chi connectivity index (χ3n) is 9.12. The lowest BCUT2D eigenvalue weighted by molar-refractivity contribution is -0.165. The SMILES string of the molecule is C[C@]12C=CC(=O)NC1CC[C@@H]1[C@H]2CC[C@@]2(C)[C@H]1CCC2(CCC#N)C(=O)O. The Morgan fingerprint density at radius 1 is 1.26 bits per heavy atom. The Morgan fingerprint density at radius 2 is 2.00 bits per heavy atom. The number of nitrogens with zero attached hydrogens (tertiary/aromatic N) is 1. The first-order valence-corrected chi connectivity index (χ1v) is 10.4. The number of hydrogen-bond donors (Lipinski definition) is 2. The molecule has 0 bridgehead atoms. The average molecular weight is 370 g/mol. The van der Waals surface area contributed by atoms with Gasteiger partial charge in [0.1, 0.15) is 0 Å². The third-order valence-corrected chi connectivity index (χ3v) is 9.12. The Kier molecular flexibility index (Phi) is 4.18. The Hall–Kier alpha value is -1.83. The highest BCUT2D eigenvalue weighted by Crippen LogP contribution is 2.69. The van der Waals surface area contributed by atoms with Crippen molar-refractivity contribution in [2.24, 2.45) is 34.0 Å². The van der Waals surface area contributed by atoms with Crippen LogP contribution in [0, 0.1) is 45.3 Å². The van der Waals surface area contributed by atoms with Crippen LogP contribution in [0.3, 0.4) is 0 Å². The molecule has 4 aliphatic rings. The van der Waals surface area contributed by atoms with Crippen LogP contribution in [0.25, 0.3) is 0 Å². The molecule has 0 spiro atoms. The smallest absolute Gasteiger partial charge is 0.310 e. The molecule has 1 aliphatic heterocycles. The lowest BCUT2D eigenvalue weighted by Crippen LogP contribution is -2.60. The molecule has 5 nitrogen and oxygen atoms in total. The van der Waals surface area contributed by atoms with Crippen molar-refractivity contribution in [2.45, 2.75) is 71.3 Å². The maximum absolute atomic E-state index is 12.4. The second-order valence-corrected chi connectivity index (χ2v) is 9.75. The van der Waals surface area contributed by atoms with Crippen LogP contribution in [0.4, 0.5) is 0 Å². The van der Waals surface area contributed by atoms with Crippen molar-refractivity contribution in [1.29, 1.82) is 5.26 Å². The number of carbonyl (C=O) groups excluding carboxylic acids is 1. The van der Waals surface area contributed by atoms with E-state index < -0.39 is 11.4 Å². The van der Waals surface area contributed by atoms with Crippen molar-refractivity contribution in [3.8, 4) is 6.07 Å². The summed E-state index contributed by atoms with van der Waals surface area (Å²) in [4.78, 5) is 24.2. The van der Waals surface area contributed by atoms with Gasteiger partial charge in [-0.05, 0) is 74.2 Å². The molecule has 2 unspecified atom stereocenters. The maximum atomic E-state index is 12.4. The Morgan fingerprint density at radius 3 is 2.70 bits per heavy atom. The van der Waals surface area contributed by atoms with E-state index in [0.29, 0.717) is 37.0 Å². The summed E-state index contributed by atoms with van der Waals surface area (Å²) < 4.78 is 0. The second-order valence-electron chi connectivity index (χ2n) is 9.75. The number of carboxylic acid groups (broad SMARTS) is 1. The van der Waals surface area contributed by atoms with Gasteiger partial charge in [-0.2, -0.15) is 5.26 Å². The van der Waals surface area contributed by atoms with Gasteiger partial charge in [0.15, 0.2) is 0 Å². The summed E-state index contributed by atoms with van der Waals surface area (Å²) in [5, 5.41) is 22.4. The largest absolute Gasteiger partial charge is 0.481 e. The highest BCUT2D eigenvalue weighted by Gasteiger charge is 2.66. The van der Waals surface area contributed by atoms with Gasteiger partial charge in [-0.15, -0.1) is 0 Å². The highest BCUT2D eigenvalue weighted by molar-refractivity contribution is 5.89. The summed E-state index contributed by atoms with van der Waals surface area (Å²) in [5.74, 6) is 0.708. The van der Waals surface area contributed by atoms with Gasteiger partial charge in [-0.25, -0.2) is 0 Å². The van der Waals surface area contributed by atoms with Gasteiger partial charge in [0.25, 0.3) is 0 Å². The molecule has 1 amide bonds. The molecule has 0 aromatic rings. The Balaban J connectivity index is 1.68. The molecule has 0 aromatic carbocycles. The quantitative estimate of drug-likeness (QED) is 0.793. The minimum absolute atomic E-state index is 0.0128. The monoisotopic (exact) mass is 370 g/mol. The molecule has 27 heavy (non-hydrogen) atoms. The summed E-state index contributed by atoms with van der Waals surface area (Å²) in [7, 11) is 0. The van der Waals surface area contributed by atoms with E-state index in [0.717, 1.165) is 32.1 Å². The van der Waals surface area contributed by atoms with Crippen LogP contribution >= 0.6 is 0 Å². The molecule has 146 valence electrons. The molecule has 0 radical (unpaired) electrons. The summed E-state index contributed by atoms with van der Waals surface area (Å²) >= 11 is 0. The molecule has 0 saturated heterocycles. The molecule has 2 N–H and O–H groups in total. The van der Waals surface area contributed by atoms with E-state index in [1.165, 1.54) is 0 Å². The molecule has 3 aliphatic carbocycles. The number of rotatable bonds is 3. The van der Waals surface area contributed by atoms with Gasteiger partial charge >= 0.3 is 5.97 Å². The van der Waals surface area contributed by atoms with Crippen molar-refractivity contribution >= 4 is 11.9 Å². The third kappa shape index (κ3) is 2.35. The minimum atomic E-state index is -0.757. The Labute approximate surface area is 161 Å². The van der Waals surface area contributed by atoms with E-state index in [9.17, 15) is 14.7 Å². The van der Waals surface area contributed by atoms with Crippen LogP contribution in [0.15, 0.2) is 12.2 Å². The number of amides is 1. The number of fused-ring (bicyclic) bond motifs is 5. The van der Waals surface area contributed by atoms with Gasteiger partial charge in [0.05, 0.1) is 11.5 Å². The molecule has 0 aromatic heterocycles. The van der Waals surface area contributed by atoms with Crippen LogP contribution < -0.4 is 5.32 Å². The van der Waals surface area contributed by atoms with Gasteiger partial charge in [0, 0.05) is 17.9 Å². The standard InChI is InChI=1S/C22H30N2O3/c1-20-10-8-18(25)24-17(20)5-4-14-15(20)6-11-21(2)16(14)7-12-22(21,19(26)27)9-3-13-23/h8,10,14-17H,3-7,9,11-12H2,1-2H3,(H,24,25)(H,26,27)/t14-,15-,16+,17?,20-,21+,22?/m1/s1. The first kappa shape index (κ1) is 18.5. The molecular weight excluding hydrogens is 340 g/mol. The van der Waals surface area contributed by atoms with Crippen molar-refractivity contribution in [2.75, 3.05) is 0 Å². The summed E-state index contributed by atoms with van der Waals surface area (Å²) in [6.07, 6.45) is 10.2. The molecule has 5 heteroatoms. The van der Waals surface area contributed by atoms with Gasteiger partial charge < -0.3 is 10.4 Å². The first-order chi connectivity index (χ1) is 12.8. The van der Waals surface area contributed by atoms with Crippen LogP contribution in [0.2, 0.25) is 0 Å². The molecule has 4 rings (SSSR count). The molecule has 3 fully saturated rings. The summed E-state index contributed by atoms with van der Waals surface area (Å²) in [6.45, 7) is 4.47. The summed E-state index contributed by atoms with van der Waals surface area (Å²) in [5.41, 5.74) is -1.02. The Bertz CT molecular complexity index is 740. The molecular formula is C22H30N2O3. The lowest BCUT2D eigenvalue weighted by atomic mass is 9.45. The fraction of sp³-hybridized carbons (Fsp3) is 0.773. The van der Waals surface area contributed by atoms with Crippen molar-refractivity contribution < 1.29 is 14.7 Å². The van der Waals surface area contributed by atoms with Crippen LogP contribution in [0.5, 0.6) is 0 Å². The van der Waals surface area contributed by atoms with Crippen molar-refractivity contribution in [1.82, 2.24) is 5.32 Å².